The lowest BCUT2D eigenvalue weighted by molar-refractivity contribution is 0.347. The summed E-state index contributed by atoms with van der Waals surface area (Å²) in [5.74, 6) is 0. The summed E-state index contributed by atoms with van der Waals surface area (Å²) in [5.41, 5.74) is 2.12. The van der Waals surface area contributed by atoms with Crippen LogP contribution in [-0.4, -0.2) is 14.7 Å². The van der Waals surface area contributed by atoms with Crippen LogP contribution in [0.15, 0.2) is 4.40 Å². The van der Waals surface area contributed by atoms with Crippen molar-refractivity contribution >= 4 is 54.5 Å². The minimum Gasteiger partial charge on any atom is -0.217 e. The molecule has 0 fully saturated rings. The van der Waals surface area contributed by atoms with Crippen LogP contribution in [0.3, 0.4) is 0 Å². The number of unbranched alkanes of at least 4 members (excludes halogenated alkanes) is 10. The van der Waals surface area contributed by atoms with Gasteiger partial charge in [-0.2, -0.15) is 25.3 Å². The highest BCUT2D eigenvalue weighted by Gasteiger charge is 2.40. The second kappa shape index (κ2) is 13.3. The molecule has 0 radical (unpaired) electrons. The maximum Gasteiger partial charge on any atom is 0.0849 e. The van der Waals surface area contributed by atoms with Crippen molar-refractivity contribution in [2.24, 2.45) is 9.81 Å². The van der Waals surface area contributed by atoms with Crippen molar-refractivity contribution in [3.8, 4) is 0 Å². The van der Waals surface area contributed by atoms with Crippen molar-refractivity contribution in [2.45, 2.75) is 100 Å². The average molecular weight is 394 g/mol. The van der Waals surface area contributed by atoms with E-state index < -0.39 is 0 Å². The molecule has 0 N–H and O–H groups in total. The van der Waals surface area contributed by atoms with Crippen LogP contribution < -0.4 is 0 Å². The number of thioether (sulfide) groups is 1. The molecule has 0 amide bonds. The Morgan fingerprint density at radius 3 is 1.91 bits per heavy atom. The largest absolute Gasteiger partial charge is 0.217 e. The number of nitrogens with zero attached hydrogens (tertiary/aromatic N) is 1. The molecular formula is C18H35NS4. The summed E-state index contributed by atoms with van der Waals surface area (Å²) in [4.78, 5) is 0. The molecule has 136 valence electrons. The van der Waals surface area contributed by atoms with E-state index in [9.17, 15) is 0 Å². The molecule has 0 saturated heterocycles. The Bertz CT molecular complexity index is 314. The van der Waals surface area contributed by atoms with Gasteiger partial charge < -0.3 is 0 Å². The summed E-state index contributed by atoms with van der Waals surface area (Å²) in [6, 6.07) is 0. The SMILES string of the molecule is CCCCCCCCCCCCCC(C)(C(S)S)C1SC=NS1. The number of hydrogen-bond acceptors (Lipinski definition) is 5. The quantitative estimate of drug-likeness (QED) is 0.136. The van der Waals surface area contributed by atoms with Gasteiger partial charge in [0.15, 0.2) is 0 Å². The van der Waals surface area contributed by atoms with Gasteiger partial charge in [-0.15, -0.1) is 0 Å². The predicted octanol–water partition coefficient (Wildman–Crippen LogP) is 7.63. The van der Waals surface area contributed by atoms with Crippen LogP contribution in [0.1, 0.15) is 90.9 Å². The lowest BCUT2D eigenvalue weighted by Gasteiger charge is -2.36. The zero-order valence-corrected chi connectivity index (χ0v) is 18.3. The van der Waals surface area contributed by atoms with Crippen molar-refractivity contribution in [1.29, 1.82) is 0 Å². The van der Waals surface area contributed by atoms with E-state index in [1.807, 2.05) is 17.3 Å². The molecule has 1 rings (SSSR count). The van der Waals surface area contributed by atoms with Crippen molar-refractivity contribution in [2.75, 3.05) is 0 Å². The summed E-state index contributed by atoms with van der Waals surface area (Å²) >= 11 is 12.8. The summed E-state index contributed by atoms with van der Waals surface area (Å²) in [7, 11) is 0. The first-order valence-electron chi connectivity index (χ1n) is 9.30. The monoisotopic (exact) mass is 393 g/mol. The van der Waals surface area contributed by atoms with Crippen LogP contribution in [0.4, 0.5) is 0 Å². The molecule has 2 unspecified atom stereocenters. The maximum absolute atomic E-state index is 4.64. The predicted molar refractivity (Wildman–Crippen MR) is 118 cm³/mol. The van der Waals surface area contributed by atoms with Crippen molar-refractivity contribution in [3.05, 3.63) is 0 Å². The van der Waals surface area contributed by atoms with Gasteiger partial charge in [0.05, 0.1) is 14.7 Å². The van der Waals surface area contributed by atoms with Crippen molar-refractivity contribution in [3.63, 3.8) is 0 Å². The van der Waals surface area contributed by atoms with Gasteiger partial charge in [0.1, 0.15) is 0 Å². The highest BCUT2D eigenvalue weighted by molar-refractivity contribution is 8.26. The van der Waals surface area contributed by atoms with E-state index in [4.69, 9.17) is 0 Å². The van der Waals surface area contributed by atoms with Gasteiger partial charge in [-0.1, -0.05) is 96.2 Å². The third-order valence-electron chi connectivity index (χ3n) is 4.83. The molecule has 1 heterocycles. The lowest BCUT2D eigenvalue weighted by Crippen LogP contribution is -2.33. The normalized spacial score (nSPS) is 20.3. The molecule has 0 aromatic heterocycles. The van der Waals surface area contributed by atoms with Gasteiger partial charge in [0.2, 0.25) is 0 Å². The number of hydrogen-bond donors (Lipinski definition) is 2. The topological polar surface area (TPSA) is 12.4 Å². The van der Waals surface area contributed by atoms with Crippen LogP contribution in [0.2, 0.25) is 0 Å². The van der Waals surface area contributed by atoms with E-state index in [0.29, 0.717) is 4.58 Å². The van der Waals surface area contributed by atoms with Crippen LogP contribution >= 0.6 is 49.0 Å². The van der Waals surface area contributed by atoms with Gasteiger partial charge in [-0.25, -0.2) is 4.40 Å². The fraction of sp³-hybridized carbons (Fsp3) is 0.944. The third kappa shape index (κ3) is 8.82. The summed E-state index contributed by atoms with van der Waals surface area (Å²) in [6.07, 6.45) is 16.6. The molecule has 0 aromatic rings. The van der Waals surface area contributed by atoms with Gasteiger partial charge in [-0.3, -0.25) is 0 Å². The van der Waals surface area contributed by atoms with Crippen LogP contribution in [-0.2, 0) is 0 Å². The highest BCUT2D eigenvalue weighted by atomic mass is 32.2. The molecule has 0 bridgehead atoms. The minimum atomic E-state index is 0.123. The van der Waals surface area contributed by atoms with Gasteiger partial charge in [0, 0.05) is 5.41 Å². The fourth-order valence-electron chi connectivity index (χ4n) is 3.00. The maximum atomic E-state index is 4.64. The highest BCUT2D eigenvalue weighted by Crippen LogP contribution is 2.50. The lowest BCUT2D eigenvalue weighted by atomic mass is 9.88. The molecule has 2 atom stereocenters. The van der Waals surface area contributed by atoms with Crippen molar-refractivity contribution < 1.29 is 0 Å². The Kier molecular flexibility index (Phi) is 12.8. The van der Waals surface area contributed by atoms with E-state index in [0.717, 1.165) is 0 Å². The molecule has 0 aliphatic carbocycles. The molecule has 0 saturated carbocycles. The van der Waals surface area contributed by atoms with E-state index >= 15 is 0 Å². The first kappa shape index (κ1) is 22.1. The molecule has 23 heavy (non-hydrogen) atoms. The van der Waals surface area contributed by atoms with E-state index in [-0.39, 0.29) is 10.00 Å². The minimum absolute atomic E-state index is 0.123. The number of thiol groups is 2. The van der Waals surface area contributed by atoms with Crippen LogP contribution in [0.25, 0.3) is 0 Å². The smallest absolute Gasteiger partial charge is 0.0849 e. The van der Waals surface area contributed by atoms with Gasteiger partial charge in [0.25, 0.3) is 0 Å². The fourth-order valence-corrected chi connectivity index (χ4v) is 6.13. The summed E-state index contributed by atoms with van der Waals surface area (Å²) in [5, 5.41) is 0. The average Bonchev–Trinajstić information content (AvgIpc) is 3.07. The molecule has 1 aliphatic rings. The second-order valence-corrected chi connectivity index (χ2v) is 10.5. The first-order valence-corrected chi connectivity index (χ1v) is 12.1. The zero-order valence-electron chi connectivity index (χ0n) is 14.9. The molecule has 0 aromatic carbocycles. The molecule has 1 aliphatic heterocycles. The molecule has 1 nitrogen and oxygen atoms in total. The summed E-state index contributed by atoms with van der Waals surface area (Å²) < 4.78 is 4.90. The van der Waals surface area contributed by atoms with Crippen LogP contribution in [0.5, 0.6) is 0 Å². The Hall–Kier alpha value is 1.07. The Labute approximate surface area is 164 Å². The summed E-state index contributed by atoms with van der Waals surface area (Å²) in [6.45, 7) is 4.61. The zero-order chi connectivity index (χ0) is 17.0. The third-order valence-corrected chi connectivity index (χ3v) is 8.71. The molecule has 0 spiro atoms. The van der Waals surface area contributed by atoms with E-state index in [1.54, 1.807) is 11.9 Å². The Morgan fingerprint density at radius 1 is 0.957 bits per heavy atom. The van der Waals surface area contributed by atoms with Crippen LogP contribution in [0, 0.1) is 5.41 Å². The molecule has 5 heteroatoms. The Morgan fingerprint density at radius 2 is 1.48 bits per heavy atom. The molecular weight excluding hydrogens is 358 g/mol. The van der Waals surface area contributed by atoms with Gasteiger partial charge >= 0.3 is 0 Å². The van der Waals surface area contributed by atoms with Gasteiger partial charge in [-0.05, 0) is 18.4 Å². The second-order valence-electron chi connectivity index (χ2n) is 6.95. The van der Waals surface area contributed by atoms with E-state index in [1.165, 1.54) is 77.0 Å². The number of rotatable bonds is 14. The van der Waals surface area contributed by atoms with E-state index in [2.05, 4.69) is 43.5 Å². The standard InChI is InChI=1S/C18H35NS4/c1-3-4-5-6-7-8-9-10-11-12-13-14-18(2,16(20)21)17-22-15-19-23-17/h15-17,20-21H,3-14H2,1-2H3. The van der Waals surface area contributed by atoms with Crippen molar-refractivity contribution in [1.82, 2.24) is 0 Å². The Balaban J connectivity index is 2.02. The first-order chi connectivity index (χ1) is 11.1.